The molecule has 2 aromatic carbocycles. The number of imidazole rings is 1. The molecule has 0 spiro atoms. The van der Waals surface area contributed by atoms with Crippen LogP contribution in [0.1, 0.15) is 32.7 Å². The van der Waals surface area contributed by atoms with Gasteiger partial charge in [-0.3, -0.25) is 4.79 Å². The van der Waals surface area contributed by atoms with Crippen LogP contribution in [0.2, 0.25) is 0 Å². The number of hydrogen-bond acceptors (Lipinski definition) is 3. The van der Waals surface area contributed by atoms with Crippen molar-refractivity contribution in [3.8, 4) is 5.75 Å². The van der Waals surface area contributed by atoms with Crippen LogP contribution in [-0.4, -0.2) is 26.7 Å². The number of carbonyl (C=O) groups excluding carboxylic acids is 1. The zero-order valence-electron chi connectivity index (χ0n) is 16.9. The molecule has 0 radical (unpaired) electrons. The number of rotatable bonds is 4. The lowest BCUT2D eigenvalue weighted by Crippen LogP contribution is -2.35. The van der Waals surface area contributed by atoms with Crippen molar-refractivity contribution in [1.29, 1.82) is 0 Å². The molecular formula is C25H23N3O2. The number of ether oxygens (including phenoxy) is 1. The summed E-state index contributed by atoms with van der Waals surface area (Å²) in [5, 5.41) is 0. The molecule has 0 fully saturated rings. The second-order valence-corrected chi connectivity index (χ2v) is 7.71. The van der Waals surface area contributed by atoms with Gasteiger partial charge in [-0.05, 0) is 60.4 Å². The van der Waals surface area contributed by atoms with E-state index >= 15 is 0 Å². The molecule has 3 heterocycles. The number of aromatic nitrogens is 2. The zero-order valence-corrected chi connectivity index (χ0v) is 16.9. The standard InChI is InChI=1S/C25H23N3O2/c1-18-5-4-13-27-16-22(26-24(18)27)17-30-23-10-8-20(9-11-23)25(29)28-14-12-19-6-2-3-7-21(19)15-28/h2-11,13,16H,12,14-15,17H2,1H3. The van der Waals surface area contributed by atoms with Gasteiger partial charge >= 0.3 is 0 Å². The van der Waals surface area contributed by atoms with Gasteiger partial charge in [0.1, 0.15) is 18.0 Å². The number of pyridine rings is 1. The van der Waals surface area contributed by atoms with Gasteiger partial charge in [0.2, 0.25) is 0 Å². The number of benzene rings is 2. The highest BCUT2D eigenvalue weighted by molar-refractivity contribution is 5.94. The van der Waals surface area contributed by atoms with Crippen molar-refractivity contribution in [3.63, 3.8) is 0 Å². The van der Waals surface area contributed by atoms with Crippen LogP contribution < -0.4 is 4.74 Å². The van der Waals surface area contributed by atoms with Crippen LogP contribution in [0.5, 0.6) is 5.75 Å². The molecule has 30 heavy (non-hydrogen) atoms. The molecule has 0 bridgehead atoms. The van der Waals surface area contributed by atoms with Crippen LogP contribution in [-0.2, 0) is 19.6 Å². The summed E-state index contributed by atoms with van der Waals surface area (Å²) in [6.07, 6.45) is 4.87. The first kappa shape index (κ1) is 18.4. The second-order valence-electron chi connectivity index (χ2n) is 7.71. The number of fused-ring (bicyclic) bond motifs is 2. The fourth-order valence-corrected chi connectivity index (χ4v) is 3.98. The van der Waals surface area contributed by atoms with E-state index in [9.17, 15) is 4.79 Å². The predicted octanol–water partition coefficient (Wildman–Crippen LogP) is 4.42. The minimum absolute atomic E-state index is 0.0619. The lowest BCUT2D eigenvalue weighted by molar-refractivity contribution is 0.0734. The molecule has 2 aromatic heterocycles. The first-order valence-electron chi connectivity index (χ1n) is 10.2. The third kappa shape index (κ3) is 3.54. The van der Waals surface area contributed by atoms with E-state index in [-0.39, 0.29) is 5.91 Å². The SMILES string of the molecule is Cc1cccn2cc(COc3ccc(C(=O)N4CCc5ccccc5C4)cc3)nc12. The minimum atomic E-state index is 0.0619. The van der Waals surface area contributed by atoms with E-state index in [1.165, 1.54) is 11.1 Å². The quantitative estimate of drug-likeness (QED) is 0.512. The Morgan fingerprint density at radius 2 is 1.83 bits per heavy atom. The number of aryl methyl sites for hydroxylation is 1. The predicted molar refractivity (Wildman–Crippen MR) is 116 cm³/mol. The monoisotopic (exact) mass is 397 g/mol. The molecule has 1 aliphatic heterocycles. The fourth-order valence-electron chi connectivity index (χ4n) is 3.98. The summed E-state index contributed by atoms with van der Waals surface area (Å²) >= 11 is 0. The molecule has 5 rings (SSSR count). The van der Waals surface area contributed by atoms with Gasteiger partial charge in [0.05, 0.1) is 5.69 Å². The molecular weight excluding hydrogens is 374 g/mol. The van der Waals surface area contributed by atoms with Crippen LogP contribution >= 0.6 is 0 Å². The summed E-state index contributed by atoms with van der Waals surface area (Å²) in [4.78, 5) is 19.4. The van der Waals surface area contributed by atoms with Crippen molar-refractivity contribution < 1.29 is 9.53 Å². The Labute approximate surface area is 175 Å². The Kier molecular flexibility index (Phi) is 4.71. The van der Waals surface area contributed by atoms with Gasteiger partial charge in [0.25, 0.3) is 5.91 Å². The van der Waals surface area contributed by atoms with Gasteiger partial charge in [-0.25, -0.2) is 4.98 Å². The van der Waals surface area contributed by atoms with Gasteiger partial charge < -0.3 is 14.0 Å². The van der Waals surface area contributed by atoms with Crippen molar-refractivity contribution in [2.24, 2.45) is 0 Å². The Hall–Kier alpha value is -3.60. The first-order chi connectivity index (χ1) is 14.7. The maximum atomic E-state index is 12.9. The minimum Gasteiger partial charge on any atom is -0.487 e. The normalized spacial score (nSPS) is 13.3. The molecule has 150 valence electrons. The van der Waals surface area contributed by atoms with Crippen LogP contribution in [0.4, 0.5) is 0 Å². The van der Waals surface area contributed by atoms with E-state index in [4.69, 9.17) is 4.74 Å². The highest BCUT2D eigenvalue weighted by Crippen LogP contribution is 2.22. The Morgan fingerprint density at radius 3 is 2.63 bits per heavy atom. The molecule has 0 unspecified atom stereocenters. The molecule has 0 saturated heterocycles. The fraction of sp³-hybridized carbons (Fsp3) is 0.200. The van der Waals surface area contributed by atoms with Crippen LogP contribution in [0.25, 0.3) is 5.65 Å². The highest BCUT2D eigenvalue weighted by Gasteiger charge is 2.21. The topological polar surface area (TPSA) is 46.8 Å². The molecule has 0 N–H and O–H groups in total. The number of nitrogens with zero attached hydrogens (tertiary/aromatic N) is 3. The maximum absolute atomic E-state index is 12.9. The second kappa shape index (κ2) is 7.67. The molecule has 5 heteroatoms. The van der Waals surface area contributed by atoms with E-state index < -0.39 is 0 Å². The first-order valence-corrected chi connectivity index (χ1v) is 10.2. The van der Waals surface area contributed by atoms with Crippen LogP contribution in [0.3, 0.4) is 0 Å². The molecule has 0 saturated carbocycles. The van der Waals surface area contributed by atoms with E-state index in [0.29, 0.717) is 18.7 Å². The molecule has 4 aromatic rings. The summed E-state index contributed by atoms with van der Waals surface area (Å²) in [6, 6.07) is 19.8. The number of carbonyl (C=O) groups is 1. The third-order valence-electron chi connectivity index (χ3n) is 5.63. The smallest absolute Gasteiger partial charge is 0.254 e. The average molecular weight is 397 g/mol. The summed E-state index contributed by atoms with van der Waals surface area (Å²) in [5.74, 6) is 0.788. The van der Waals surface area contributed by atoms with Gasteiger partial charge in [-0.2, -0.15) is 0 Å². The van der Waals surface area contributed by atoms with Gasteiger partial charge in [-0.15, -0.1) is 0 Å². The van der Waals surface area contributed by atoms with E-state index in [1.54, 1.807) is 0 Å². The van der Waals surface area contributed by atoms with Crippen molar-refractivity contribution >= 4 is 11.6 Å². The number of hydrogen-bond donors (Lipinski definition) is 0. The van der Waals surface area contributed by atoms with Crippen molar-refractivity contribution in [2.75, 3.05) is 6.54 Å². The Morgan fingerprint density at radius 1 is 1.03 bits per heavy atom. The molecule has 0 aliphatic carbocycles. The molecule has 5 nitrogen and oxygen atoms in total. The zero-order chi connectivity index (χ0) is 20.5. The maximum Gasteiger partial charge on any atom is 0.254 e. The summed E-state index contributed by atoms with van der Waals surface area (Å²) in [7, 11) is 0. The Bertz CT molecular complexity index is 1210. The Balaban J connectivity index is 1.24. The van der Waals surface area contributed by atoms with Crippen molar-refractivity contribution in [1.82, 2.24) is 14.3 Å². The van der Waals surface area contributed by atoms with Crippen LogP contribution in [0, 0.1) is 6.92 Å². The average Bonchev–Trinajstić information content (AvgIpc) is 3.22. The number of amides is 1. The molecule has 1 aliphatic rings. The van der Waals surface area contributed by atoms with Gasteiger partial charge in [0.15, 0.2) is 0 Å². The van der Waals surface area contributed by atoms with E-state index in [2.05, 4.69) is 23.2 Å². The van der Waals surface area contributed by atoms with Crippen LogP contribution in [0.15, 0.2) is 73.1 Å². The molecule has 1 amide bonds. The van der Waals surface area contributed by atoms with Crippen molar-refractivity contribution in [2.45, 2.75) is 26.5 Å². The summed E-state index contributed by atoms with van der Waals surface area (Å²) in [5.41, 5.74) is 6.21. The van der Waals surface area contributed by atoms with Crippen molar-refractivity contribution in [3.05, 3.63) is 101 Å². The van der Waals surface area contributed by atoms with Gasteiger partial charge in [-0.1, -0.05) is 30.3 Å². The van der Waals surface area contributed by atoms with E-state index in [1.807, 2.05) is 71.1 Å². The largest absolute Gasteiger partial charge is 0.487 e. The summed E-state index contributed by atoms with van der Waals surface area (Å²) in [6.45, 7) is 3.85. The molecule has 0 atom stereocenters. The van der Waals surface area contributed by atoms with E-state index in [0.717, 1.165) is 35.6 Å². The van der Waals surface area contributed by atoms with Gasteiger partial charge in [0, 0.05) is 31.0 Å². The summed E-state index contributed by atoms with van der Waals surface area (Å²) < 4.78 is 7.89. The third-order valence-corrected chi connectivity index (χ3v) is 5.63. The lowest BCUT2D eigenvalue weighted by Gasteiger charge is -2.29. The highest BCUT2D eigenvalue weighted by atomic mass is 16.5. The lowest BCUT2D eigenvalue weighted by atomic mass is 9.99.